The van der Waals surface area contributed by atoms with Gasteiger partial charge in [-0.15, -0.1) is 0 Å². The smallest absolute Gasteiger partial charge is 0.204 e. The number of pyridine rings is 1. The molecule has 1 aromatic heterocycles. The molecule has 0 bridgehead atoms. The molecule has 0 saturated carbocycles. The maximum Gasteiger partial charge on any atom is 0.204 e. The fourth-order valence-corrected chi connectivity index (χ4v) is 4.32. The first-order valence-corrected chi connectivity index (χ1v) is 10.3. The van der Waals surface area contributed by atoms with Gasteiger partial charge in [-0.25, -0.2) is 0 Å². The Bertz CT molecular complexity index is 951. The molecule has 0 N–H and O–H groups in total. The largest absolute Gasteiger partial charge is 0.619 e. The molecule has 9 heteroatoms. The van der Waals surface area contributed by atoms with Gasteiger partial charge in [-0.2, -0.15) is 4.73 Å². The molecule has 0 atom stereocenters. The number of hydrogen-bond donors (Lipinski definition) is 0. The fraction of sp³-hybridized carbons (Fsp3) is 0.429. The van der Waals surface area contributed by atoms with Gasteiger partial charge in [-0.1, -0.05) is 23.2 Å². The van der Waals surface area contributed by atoms with Crippen molar-refractivity contribution in [2.45, 2.75) is 19.3 Å². The minimum atomic E-state index is -0.257. The molecule has 0 amide bonds. The van der Waals surface area contributed by atoms with E-state index in [4.69, 9.17) is 42.1 Å². The molecule has 1 saturated heterocycles. The number of ether oxygens (including phenoxy) is 4. The average Bonchev–Trinajstić information content (AvgIpc) is 2.91. The number of rotatable bonds is 4. The Balaban J connectivity index is 1.67. The van der Waals surface area contributed by atoms with Crippen LogP contribution in [-0.4, -0.2) is 39.3 Å². The zero-order chi connectivity index (χ0) is 21.3. The van der Waals surface area contributed by atoms with E-state index in [-0.39, 0.29) is 27.7 Å². The number of methoxy groups -OCH3 is 1. The summed E-state index contributed by atoms with van der Waals surface area (Å²) in [4.78, 5) is 13.2. The zero-order valence-electron chi connectivity index (χ0n) is 16.4. The van der Waals surface area contributed by atoms with Crippen LogP contribution in [0.15, 0.2) is 24.5 Å². The van der Waals surface area contributed by atoms with Gasteiger partial charge in [0.1, 0.15) is 10.0 Å². The van der Waals surface area contributed by atoms with Crippen LogP contribution in [0.3, 0.4) is 0 Å². The van der Waals surface area contributed by atoms with Gasteiger partial charge in [0.2, 0.25) is 5.75 Å². The third kappa shape index (κ3) is 4.02. The first-order chi connectivity index (χ1) is 14.4. The van der Waals surface area contributed by atoms with E-state index in [2.05, 4.69) is 0 Å². The second-order valence-electron chi connectivity index (χ2n) is 7.56. The summed E-state index contributed by atoms with van der Waals surface area (Å²) in [6.07, 6.45) is 3.88. The highest BCUT2D eigenvalue weighted by Crippen LogP contribution is 2.46. The lowest BCUT2D eigenvalue weighted by Crippen LogP contribution is -2.39. The molecule has 1 spiro atoms. The first-order valence-electron chi connectivity index (χ1n) is 9.57. The molecule has 30 heavy (non-hydrogen) atoms. The fourth-order valence-electron chi connectivity index (χ4n) is 3.75. The lowest BCUT2D eigenvalue weighted by molar-refractivity contribution is -0.605. The molecule has 1 aromatic carbocycles. The summed E-state index contributed by atoms with van der Waals surface area (Å²) in [6, 6.07) is 3.32. The van der Waals surface area contributed by atoms with Crippen LogP contribution in [0.25, 0.3) is 0 Å². The van der Waals surface area contributed by atoms with E-state index in [0.717, 1.165) is 12.8 Å². The highest BCUT2D eigenvalue weighted by molar-refractivity contribution is 6.36. The van der Waals surface area contributed by atoms with E-state index in [1.54, 1.807) is 12.1 Å². The Hall–Kier alpha value is -2.22. The van der Waals surface area contributed by atoms with Gasteiger partial charge >= 0.3 is 0 Å². The molecule has 2 aliphatic rings. The summed E-state index contributed by atoms with van der Waals surface area (Å²) in [5, 5.41) is 11.7. The predicted molar refractivity (Wildman–Crippen MR) is 110 cm³/mol. The third-order valence-corrected chi connectivity index (χ3v) is 6.24. The molecule has 2 aromatic rings. The van der Waals surface area contributed by atoms with Crippen LogP contribution in [0.4, 0.5) is 0 Å². The lowest BCUT2D eigenvalue weighted by Gasteiger charge is -2.34. The molecule has 160 valence electrons. The summed E-state index contributed by atoms with van der Waals surface area (Å²) in [6.45, 7) is 2.17. The molecule has 0 radical (unpaired) electrons. The van der Waals surface area contributed by atoms with E-state index in [1.165, 1.54) is 19.5 Å². The summed E-state index contributed by atoms with van der Waals surface area (Å²) >= 11 is 12.3. The van der Waals surface area contributed by atoms with E-state index in [1.807, 2.05) is 0 Å². The van der Waals surface area contributed by atoms with E-state index in [0.29, 0.717) is 59.5 Å². The van der Waals surface area contributed by atoms with Crippen molar-refractivity contribution in [2.75, 3.05) is 33.5 Å². The van der Waals surface area contributed by atoms with Gasteiger partial charge in [0, 0.05) is 30.6 Å². The predicted octanol–water partition coefficient (Wildman–Crippen LogP) is 3.63. The van der Waals surface area contributed by atoms with Crippen LogP contribution in [-0.2, 0) is 11.2 Å². The first kappa shape index (κ1) is 21.0. The Morgan fingerprint density at radius 1 is 1.13 bits per heavy atom. The number of carbonyl (C=O) groups is 1. The summed E-state index contributed by atoms with van der Waals surface area (Å²) < 4.78 is 23.7. The highest BCUT2D eigenvalue weighted by Gasteiger charge is 2.38. The second-order valence-corrected chi connectivity index (χ2v) is 8.37. The quantitative estimate of drug-likeness (QED) is 0.399. The normalized spacial score (nSPS) is 17.4. The number of benzene rings is 1. The molecule has 7 nitrogen and oxygen atoms in total. The number of hydrogen-bond acceptors (Lipinski definition) is 6. The SMILES string of the molecule is COc1ccc(C(=O)Cc2c(Cl)c[n+]([O-])cc2Cl)c2c1OCC1(CCOCC1)CO2. The maximum absolute atomic E-state index is 13.2. The minimum absolute atomic E-state index is 0.0837. The maximum atomic E-state index is 13.2. The van der Waals surface area contributed by atoms with E-state index in [9.17, 15) is 10.0 Å². The van der Waals surface area contributed by atoms with Crippen molar-refractivity contribution in [1.82, 2.24) is 0 Å². The lowest BCUT2D eigenvalue weighted by atomic mass is 9.82. The van der Waals surface area contributed by atoms with Crippen molar-refractivity contribution >= 4 is 29.0 Å². The molecule has 4 rings (SSSR count). The topological polar surface area (TPSA) is 80.9 Å². The van der Waals surface area contributed by atoms with Crippen LogP contribution in [0.5, 0.6) is 17.2 Å². The number of ketones is 1. The number of aromatic nitrogens is 1. The summed E-state index contributed by atoms with van der Waals surface area (Å²) in [5.74, 6) is 1.00. The molecule has 1 fully saturated rings. The third-order valence-electron chi connectivity index (χ3n) is 5.59. The second kappa shape index (κ2) is 8.49. The van der Waals surface area contributed by atoms with Gasteiger partial charge in [0.25, 0.3) is 0 Å². The number of carbonyl (C=O) groups excluding carboxylic acids is 1. The van der Waals surface area contributed by atoms with Gasteiger partial charge in [0.15, 0.2) is 29.7 Å². The van der Waals surface area contributed by atoms with Gasteiger partial charge in [-0.05, 0) is 25.0 Å². The molecular weight excluding hydrogens is 433 g/mol. The molecular formula is C21H21Cl2NO6. The van der Waals surface area contributed by atoms with Crippen LogP contribution in [0, 0.1) is 10.6 Å². The van der Waals surface area contributed by atoms with Gasteiger partial charge in [0.05, 0.1) is 25.9 Å². The van der Waals surface area contributed by atoms with Crippen LogP contribution >= 0.6 is 23.2 Å². The van der Waals surface area contributed by atoms with Crippen molar-refractivity contribution in [3.63, 3.8) is 0 Å². The molecule has 0 aliphatic carbocycles. The van der Waals surface area contributed by atoms with Crippen molar-refractivity contribution in [3.05, 3.63) is 50.9 Å². The average molecular weight is 454 g/mol. The number of fused-ring (bicyclic) bond motifs is 1. The summed E-state index contributed by atoms with van der Waals surface area (Å²) in [7, 11) is 1.54. The Morgan fingerprint density at radius 3 is 2.40 bits per heavy atom. The minimum Gasteiger partial charge on any atom is -0.619 e. The highest BCUT2D eigenvalue weighted by atomic mass is 35.5. The van der Waals surface area contributed by atoms with Crippen LogP contribution in [0.2, 0.25) is 10.0 Å². The zero-order valence-corrected chi connectivity index (χ0v) is 17.9. The number of Topliss-reactive ketones (excluding diaryl/α,β-unsaturated/α-hetero) is 1. The van der Waals surface area contributed by atoms with E-state index < -0.39 is 0 Å². The Labute approximate surface area is 184 Å². The van der Waals surface area contributed by atoms with Crippen molar-refractivity contribution in [2.24, 2.45) is 5.41 Å². The van der Waals surface area contributed by atoms with Crippen molar-refractivity contribution in [3.8, 4) is 17.2 Å². The monoisotopic (exact) mass is 453 g/mol. The number of nitrogens with zero attached hydrogens (tertiary/aromatic N) is 1. The van der Waals surface area contributed by atoms with Gasteiger partial charge in [-0.3, -0.25) is 4.79 Å². The molecule has 0 unspecified atom stereocenters. The summed E-state index contributed by atoms with van der Waals surface area (Å²) in [5.41, 5.74) is 0.562. The molecule has 2 aliphatic heterocycles. The molecule has 3 heterocycles. The van der Waals surface area contributed by atoms with E-state index >= 15 is 0 Å². The van der Waals surface area contributed by atoms with Crippen LogP contribution in [0.1, 0.15) is 28.8 Å². The standard InChI is InChI=1S/C21H21Cl2NO6/c1-27-18-3-2-13(17(25)8-14-15(22)9-24(26)10-16(14)23)19-20(18)30-12-21(11-29-19)4-6-28-7-5-21/h2-3,9-10H,4-8,11-12H2,1H3. The number of halogens is 2. The Morgan fingerprint density at radius 2 is 1.77 bits per heavy atom. The van der Waals surface area contributed by atoms with Crippen molar-refractivity contribution in [1.29, 1.82) is 0 Å². The van der Waals surface area contributed by atoms with Crippen LogP contribution < -0.4 is 18.9 Å². The van der Waals surface area contributed by atoms with Crippen molar-refractivity contribution < 1.29 is 28.5 Å². The van der Waals surface area contributed by atoms with Gasteiger partial charge < -0.3 is 24.2 Å². The Kier molecular flexibility index (Phi) is 5.95.